The zero-order valence-corrected chi connectivity index (χ0v) is 7.95. The van der Waals surface area contributed by atoms with Gasteiger partial charge in [-0.05, 0) is 18.8 Å². The van der Waals surface area contributed by atoms with E-state index >= 15 is 0 Å². The van der Waals surface area contributed by atoms with Crippen LogP contribution in [0.2, 0.25) is 0 Å². The maximum absolute atomic E-state index is 10.6. The molecule has 0 unspecified atom stereocenters. The number of carbonyl (C=O) groups excluding carboxylic acids is 1. The number of amides is 1. The first kappa shape index (κ1) is 10.0. The van der Waals surface area contributed by atoms with Crippen molar-refractivity contribution in [2.75, 3.05) is 7.11 Å². The van der Waals surface area contributed by atoms with Crippen LogP contribution in [0.3, 0.4) is 0 Å². The Hall–Kier alpha value is -1.06. The van der Waals surface area contributed by atoms with Gasteiger partial charge in [0.25, 0.3) is 0 Å². The van der Waals surface area contributed by atoms with Crippen molar-refractivity contribution in [1.29, 1.82) is 0 Å². The Bertz CT molecular complexity index is 186. The number of hydrazone groups is 1. The molecule has 0 aromatic carbocycles. The second-order valence-corrected chi connectivity index (χ2v) is 3.28. The minimum atomic E-state index is -0.507. The van der Waals surface area contributed by atoms with Gasteiger partial charge in [-0.3, -0.25) is 0 Å². The number of methoxy groups -OCH3 is 1. The lowest BCUT2D eigenvalue weighted by Gasteiger charge is -2.16. The van der Waals surface area contributed by atoms with Gasteiger partial charge in [-0.15, -0.1) is 0 Å². The highest BCUT2D eigenvalue weighted by Gasteiger charge is 2.10. The van der Waals surface area contributed by atoms with E-state index in [2.05, 4.69) is 15.3 Å². The van der Waals surface area contributed by atoms with Crippen molar-refractivity contribution in [2.24, 2.45) is 11.0 Å². The maximum atomic E-state index is 10.6. The lowest BCUT2D eigenvalue weighted by Crippen LogP contribution is -2.18. The van der Waals surface area contributed by atoms with Crippen molar-refractivity contribution in [1.82, 2.24) is 5.43 Å². The van der Waals surface area contributed by atoms with Gasteiger partial charge in [-0.1, -0.05) is 19.3 Å². The van der Waals surface area contributed by atoms with Crippen molar-refractivity contribution in [2.45, 2.75) is 32.1 Å². The summed E-state index contributed by atoms with van der Waals surface area (Å²) < 4.78 is 4.38. The zero-order valence-electron chi connectivity index (χ0n) is 7.95. The van der Waals surface area contributed by atoms with E-state index in [9.17, 15) is 4.79 Å². The van der Waals surface area contributed by atoms with E-state index < -0.39 is 6.09 Å². The van der Waals surface area contributed by atoms with Crippen molar-refractivity contribution >= 4 is 12.3 Å². The maximum Gasteiger partial charge on any atom is 0.427 e. The highest BCUT2D eigenvalue weighted by Crippen LogP contribution is 2.21. The van der Waals surface area contributed by atoms with Gasteiger partial charge in [0.15, 0.2) is 0 Å². The van der Waals surface area contributed by atoms with E-state index in [-0.39, 0.29) is 0 Å². The molecule has 1 aliphatic rings. The fraction of sp³-hybridized carbons (Fsp3) is 0.778. The molecule has 0 aromatic rings. The third-order valence-electron chi connectivity index (χ3n) is 2.28. The number of hydrogen-bond acceptors (Lipinski definition) is 3. The molecule has 0 saturated heterocycles. The molecule has 0 radical (unpaired) electrons. The summed E-state index contributed by atoms with van der Waals surface area (Å²) in [6.45, 7) is 0. The van der Waals surface area contributed by atoms with Crippen LogP contribution in [0.15, 0.2) is 5.10 Å². The minimum Gasteiger partial charge on any atom is -0.452 e. The third kappa shape index (κ3) is 3.92. The molecular weight excluding hydrogens is 168 g/mol. The molecule has 4 heteroatoms. The van der Waals surface area contributed by atoms with Crippen LogP contribution >= 0.6 is 0 Å². The first-order valence-electron chi connectivity index (χ1n) is 4.70. The monoisotopic (exact) mass is 184 g/mol. The van der Waals surface area contributed by atoms with Gasteiger partial charge in [-0.25, -0.2) is 10.2 Å². The minimum absolute atomic E-state index is 0.507. The van der Waals surface area contributed by atoms with Gasteiger partial charge >= 0.3 is 6.09 Å². The summed E-state index contributed by atoms with van der Waals surface area (Å²) in [5.41, 5.74) is 2.29. The van der Waals surface area contributed by atoms with Gasteiger partial charge < -0.3 is 4.74 Å². The largest absolute Gasteiger partial charge is 0.452 e. The summed E-state index contributed by atoms with van der Waals surface area (Å²) >= 11 is 0. The molecule has 0 aliphatic heterocycles. The van der Waals surface area contributed by atoms with E-state index in [0.717, 1.165) is 0 Å². The number of nitrogens with zero attached hydrogens (tertiary/aromatic N) is 1. The second kappa shape index (κ2) is 5.56. The molecule has 0 aromatic heterocycles. The number of ether oxygens (including phenoxy) is 1. The molecule has 1 saturated carbocycles. The van der Waals surface area contributed by atoms with Crippen molar-refractivity contribution in [3.05, 3.63) is 0 Å². The van der Waals surface area contributed by atoms with E-state index in [4.69, 9.17) is 0 Å². The van der Waals surface area contributed by atoms with Crippen LogP contribution in [-0.4, -0.2) is 19.4 Å². The zero-order chi connectivity index (χ0) is 9.52. The Morgan fingerprint density at radius 3 is 2.77 bits per heavy atom. The molecule has 1 N–H and O–H groups in total. The summed E-state index contributed by atoms with van der Waals surface area (Å²) in [6, 6.07) is 0. The average Bonchev–Trinajstić information content (AvgIpc) is 2.19. The molecule has 1 fully saturated rings. The summed E-state index contributed by atoms with van der Waals surface area (Å²) in [7, 11) is 1.32. The molecule has 1 amide bonds. The lowest BCUT2D eigenvalue weighted by atomic mass is 9.90. The first-order valence-corrected chi connectivity index (χ1v) is 4.70. The fourth-order valence-corrected chi connectivity index (χ4v) is 1.52. The molecule has 0 heterocycles. The molecule has 4 nitrogen and oxygen atoms in total. The van der Waals surface area contributed by atoms with Gasteiger partial charge in [0.2, 0.25) is 0 Å². The molecule has 1 aliphatic carbocycles. The highest BCUT2D eigenvalue weighted by molar-refractivity contribution is 5.69. The van der Waals surface area contributed by atoms with E-state index in [1.807, 2.05) is 6.21 Å². The highest BCUT2D eigenvalue weighted by atomic mass is 16.5. The van der Waals surface area contributed by atoms with Crippen molar-refractivity contribution in [3.8, 4) is 0 Å². The van der Waals surface area contributed by atoms with Gasteiger partial charge in [0, 0.05) is 6.21 Å². The lowest BCUT2D eigenvalue weighted by molar-refractivity contribution is 0.171. The predicted octanol–water partition coefficient (Wildman–Crippen LogP) is 1.91. The van der Waals surface area contributed by atoms with Crippen LogP contribution in [0, 0.1) is 5.92 Å². The van der Waals surface area contributed by atoms with Crippen molar-refractivity contribution in [3.63, 3.8) is 0 Å². The van der Waals surface area contributed by atoms with Crippen LogP contribution in [0.5, 0.6) is 0 Å². The van der Waals surface area contributed by atoms with Crippen LogP contribution in [0.25, 0.3) is 0 Å². The Morgan fingerprint density at radius 2 is 2.15 bits per heavy atom. The molecule has 1 rings (SSSR count). The Kier molecular flexibility index (Phi) is 4.29. The molecular formula is C9H16N2O2. The summed E-state index contributed by atoms with van der Waals surface area (Å²) in [6.07, 6.45) is 7.56. The molecule has 13 heavy (non-hydrogen) atoms. The summed E-state index contributed by atoms with van der Waals surface area (Å²) in [5.74, 6) is 0.533. The number of hydrogen-bond donors (Lipinski definition) is 1. The first-order chi connectivity index (χ1) is 6.33. The third-order valence-corrected chi connectivity index (χ3v) is 2.28. The summed E-state index contributed by atoms with van der Waals surface area (Å²) in [4.78, 5) is 10.6. The smallest absolute Gasteiger partial charge is 0.427 e. The van der Waals surface area contributed by atoms with E-state index in [1.54, 1.807) is 0 Å². The van der Waals surface area contributed by atoms with Gasteiger partial charge in [0.1, 0.15) is 0 Å². The molecule has 74 valence electrons. The number of carbonyl (C=O) groups is 1. The quantitative estimate of drug-likeness (QED) is 0.526. The standard InChI is InChI=1S/C9H16N2O2/c1-13-9(12)11-10-7-8-5-3-2-4-6-8/h7-8H,2-6H2,1H3,(H,11,12)/b10-7+. The topological polar surface area (TPSA) is 50.7 Å². The SMILES string of the molecule is COC(=O)N/N=C/C1CCCCC1. The summed E-state index contributed by atoms with van der Waals surface area (Å²) in [5, 5.41) is 3.82. The Balaban J connectivity index is 2.18. The van der Waals surface area contributed by atoms with Crippen LogP contribution < -0.4 is 5.43 Å². The average molecular weight is 184 g/mol. The predicted molar refractivity (Wildman–Crippen MR) is 50.6 cm³/mol. The Morgan fingerprint density at radius 1 is 1.46 bits per heavy atom. The molecule has 0 atom stereocenters. The van der Waals surface area contributed by atoms with Crippen LogP contribution in [0.4, 0.5) is 4.79 Å². The van der Waals surface area contributed by atoms with E-state index in [0.29, 0.717) is 5.92 Å². The van der Waals surface area contributed by atoms with E-state index in [1.165, 1.54) is 39.2 Å². The second-order valence-electron chi connectivity index (χ2n) is 3.28. The fourth-order valence-electron chi connectivity index (χ4n) is 1.52. The number of nitrogens with one attached hydrogen (secondary N) is 1. The normalized spacial score (nSPS) is 18.8. The Labute approximate surface area is 78.3 Å². The van der Waals surface area contributed by atoms with Crippen molar-refractivity contribution < 1.29 is 9.53 Å². The van der Waals surface area contributed by atoms with Crippen LogP contribution in [0.1, 0.15) is 32.1 Å². The number of rotatable bonds is 2. The van der Waals surface area contributed by atoms with Gasteiger partial charge in [0.05, 0.1) is 7.11 Å². The van der Waals surface area contributed by atoms with Gasteiger partial charge in [-0.2, -0.15) is 5.10 Å². The van der Waals surface area contributed by atoms with Crippen LogP contribution in [-0.2, 0) is 4.74 Å². The molecule has 0 bridgehead atoms. The molecule has 0 spiro atoms.